The van der Waals surface area contributed by atoms with Gasteiger partial charge in [0.05, 0.1) is 16.9 Å². The number of hydrogen-bond acceptors (Lipinski definition) is 3. The number of thiol groups is 2. The highest BCUT2D eigenvalue weighted by Gasteiger charge is 2.49. The fraction of sp³-hybridized carbons (Fsp3) is 0.375. The van der Waals surface area contributed by atoms with E-state index >= 15 is 0 Å². The number of rotatable bonds is 5. The van der Waals surface area contributed by atoms with Crippen molar-refractivity contribution in [3.63, 3.8) is 0 Å². The second-order valence-corrected chi connectivity index (χ2v) is 14.2. The molecule has 3 aromatic carbocycles. The van der Waals surface area contributed by atoms with Gasteiger partial charge in [0.15, 0.2) is 11.6 Å². The number of fused-ring (bicyclic) bond motifs is 8. The lowest BCUT2D eigenvalue weighted by atomic mass is 9.78. The summed E-state index contributed by atoms with van der Waals surface area (Å²) in [4.78, 5) is 2.29. The summed E-state index contributed by atoms with van der Waals surface area (Å²) < 4.78 is 56.6. The number of benzene rings is 3. The fourth-order valence-corrected chi connectivity index (χ4v) is 9.06. The molecular formula is C40H46N3S2+. The van der Waals surface area contributed by atoms with Gasteiger partial charge in [0.2, 0.25) is 5.69 Å². The minimum absolute atomic E-state index is 0.292. The number of anilines is 1. The predicted octanol–water partition coefficient (Wildman–Crippen LogP) is 9.97. The maximum absolute atomic E-state index is 8.68. The van der Waals surface area contributed by atoms with Crippen LogP contribution in [0.15, 0.2) is 72.5 Å². The molecule has 0 saturated heterocycles. The Balaban J connectivity index is 1.41. The number of hydrogen-bond donors (Lipinski definition) is 2. The van der Waals surface area contributed by atoms with Crippen LogP contribution in [0.25, 0.3) is 22.0 Å². The fourth-order valence-electron chi connectivity index (χ4n) is 8.47. The topological polar surface area (TPSA) is 11.2 Å². The van der Waals surface area contributed by atoms with E-state index in [0.717, 1.165) is 29.2 Å². The van der Waals surface area contributed by atoms with Gasteiger partial charge in [-0.15, -0.1) is 12.6 Å². The molecule has 1 aliphatic carbocycles. The van der Waals surface area contributed by atoms with E-state index in [9.17, 15) is 0 Å². The third-order valence-electron chi connectivity index (χ3n) is 10.8. The highest BCUT2D eigenvalue weighted by molar-refractivity contribution is 7.80. The van der Waals surface area contributed by atoms with Crippen molar-refractivity contribution in [1.82, 2.24) is 4.57 Å². The average molecular weight is 639 g/mol. The van der Waals surface area contributed by atoms with Crippen LogP contribution < -0.4 is 4.90 Å². The van der Waals surface area contributed by atoms with Crippen LogP contribution in [0.4, 0.5) is 11.4 Å². The summed E-state index contributed by atoms with van der Waals surface area (Å²) in [6.45, 7) is 10.8. The Bertz CT molecular complexity index is 2220. The summed E-state index contributed by atoms with van der Waals surface area (Å²) in [6, 6.07) is 15.3. The van der Waals surface area contributed by atoms with E-state index in [1.54, 1.807) is 18.2 Å². The van der Waals surface area contributed by atoms with Crippen molar-refractivity contribution in [3.05, 3.63) is 106 Å². The molecule has 232 valence electrons. The molecule has 5 heteroatoms. The Morgan fingerprint density at radius 3 is 2.31 bits per heavy atom. The molecular weight excluding hydrogens is 587 g/mol. The normalized spacial score (nSPS) is 22.2. The van der Waals surface area contributed by atoms with E-state index in [0.29, 0.717) is 34.0 Å². The van der Waals surface area contributed by atoms with Gasteiger partial charge in [-0.05, 0) is 80.6 Å². The Hall–Kier alpha value is -3.15. The zero-order valence-electron chi connectivity index (χ0n) is 33.2. The number of aryl methyl sites for hydroxylation is 2. The summed E-state index contributed by atoms with van der Waals surface area (Å²) >= 11 is 9.63. The van der Waals surface area contributed by atoms with Gasteiger partial charge in [-0.3, -0.25) is 0 Å². The smallest absolute Gasteiger partial charge is 0.218 e. The molecule has 0 radical (unpaired) electrons. The van der Waals surface area contributed by atoms with Crippen molar-refractivity contribution in [1.29, 1.82) is 0 Å². The largest absolute Gasteiger partial charge is 0.345 e. The van der Waals surface area contributed by atoms with Crippen molar-refractivity contribution >= 4 is 53.2 Å². The molecule has 2 aliphatic heterocycles. The van der Waals surface area contributed by atoms with Crippen molar-refractivity contribution < 1.29 is 12.8 Å². The molecule has 1 aromatic heterocycles. The quantitative estimate of drug-likeness (QED) is 0.164. The molecule has 0 spiro atoms. The van der Waals surface area contributed by atoms with Crippen LogP contribution in [-0.2, 0) is 22.8 Å². The first kappa shape index (κ1) is 24.1. The van der Waals surface area contributed by atoms with Crippen molar-refractivity contribution in [2.24, 2.45) is 0 Å². The zero-order chi connectivity index (χ0) is 37.2. The molecule has 0 fully saturated rings. The van der Waals surface area contributed by atoms with E-state index in [4.69, 9.17) is 33.5 Å². The molecule has 3 nitrogen and oxygen atoms in total. The highest BCUT2D eigenvalue weighted by atomic mass is 32.1. The first-order valence-corrected chi connectivity index (χ1v) is 17.0. The lowest BCUT2D eigenvalue weighted by molar-refractivity contribution is -0.411. The van der Waals surface area contributed by atoms with Gasteiger partial charge < -0.3 is 9.47 Å². The molecule has 45 heavy (non-hydrogen) atoms. The predicted molar refractivity (Wildman–Crippen MR) is 199 cm³/mol. The molecule has 0 amide bonds. The third kappa shape index (κ3) is 3.89. The van der Waals surface area contributed by atoms with E-state index in [-0.39, 0.29) is 5.41 Å². The molecule has 0 N–H and O–H groups in total. The summed E-state index contributed by atoms with van der Waals surface area (Å²) in [5.74, 6) is 0.856. The second-order valence-electron chi connectivity index (χ2n) is 13.7. The summed E-state index contributed by atoms with van der Waals surface area (Å²) in [5, 5.41) is 1.32. The van der Waals surface area contributed by atoms with Gasteiger partial charge in [0, 0.05) is 65.2 Å². The first-order valence-electron chi connectivity index (χ1n) is 18.8. The van der Waals surface area contributed by atoms with Crippen molar-refractivity contribution in [3.8, 4) is 11.1 Å². The summed E-state index contributed by atoms with van der Waals surface area (Å²) in [5.41, 5.74) is 9.36. The van der Waals surface area contributed by atoms with Gasteiger partial charge in [-0.1, -0.05) is 70.0 Å². The zero-order valence-corrected chi connectivity index (χ0v) is 29.0. The van der Waals surface area contributed by atoms with Crippen LogP contribution in [0.1, 0.15) is 90.1 Å². The van der Waals surface area contributed by atoms with Crippen LogP contribution >= 0.6 is 25.3 Å². The third-order valence-corrected chi connectivity index (χ3v) is 11.4. The van der Waals surface area contributed by atoms with Gasteiger partial charge in [0.1, 0.15) is 0 Å². The van der Waals surface area contributed by atoms with Gasteiger partial charge in [0.25, 0.3) is 0 Å². The highest BCUT2D eigenvalue weighted by Crippen LogP contribution is 2.56. The Morgan fingerprint density at radius 2 is 1.62 bits per heavy atom. The number of aromatic nitrogens is 1. The summed E-state index contributed by atoms with van der Waals surface area (Å²) in [6.07, 6.45) is 6.43. The van der Waals surface area contributed by atoms with Crippen molar-refractivity contribution in [2.75, 3.05) is 16.7 Å². The van der Waals surface area contributed by atoms with Crippen LogP contribution in [0.2, 0.25) is 0 Å². The molecule has 4 aromatic rings. The lowest BCUT2D eigenvalue weighted by Crippen LogP contribution is -2.27. The van der Waals surface area contributed by atoms with Gasteiger partial charge >= 0.3 is 0 Å². The van der Waals surface area contributed by atoms with E-state index < -0.39 is 24.5 Å². The number of nitrogens with zero attached hydrogens (tertiary/aromatic N) is 3. The number of allylic oxidation sites excluding steroid dienone is 4. The minimum atomic E-state index is -2.82. The molecule has 3 heterocycles. The monoisotopic (exact) mass is 638 g/mol. The lowest BCUT2D eigenvalue weighted by Gasteiger charge is -2.25. The average Bonchev–Trinajstić information content (AvgIpc) is 3.66. The first-order chi connectivity index (χ1) is 23.8. The molecule has 0 atom stereocenters. The molecule has 7 rings (SSSR count). The van der Waals surface area contributed by atoms with Crippen LogP contribution in [-0.4, -0.2) is 26.6 Å². The SMILES string of the molecule is [2H]C([2H])([2H])C1(C([2H])([2H])[2H])c2ccccc2-c2c1ccc1c2[N+](CS)=C(/C=C/C=C2/N(CS)c3ccc4c(c(C)c(C)n4CC)c3C2(C)C)C1(C)C. The standard InChI is InChI=1S/C40H45N3S2/c1-10-41-25(3)24(2)34-30(41)20-21-31-36(34)40(8,9)33(42(31)22-44)17-13-16-32-39(6,7)29-19-18-28-35(37(29)43(32)23-45)26-14-11-12-15-27(26)38(28,4)5/h11-21H,10,22-23H2,1-9H3,(H-,44,45)/p+1/i4D3,5D3. The van der Waals surface area contributed by atoms with E-state index in [1.165, 1.54) is 33.4 Å². The van der Waals surface area contributed by atoms with Gasteiger partial charge in [-0.2, -0.15) is 17.2 Å². The van der Waals surface area contributed by atoms with E-state index in [1.807, 2.05) is 18.2 Å². The summed E-state index contributed by atoms with van der Waals surface area (Å²) in [7, 11) is 0. The van der Waals surface area contributed by atoms with Gasteiger partial charge in [-0.25, -0.2) is 0 Å². The maximum atomic E-state index is 8.68. The molecule has 0 bridgehead atoms. The van der Waals surface area contributed by atoms with E-state index in [2.05, 4.69) is 92.9 Å². The van der Waals surface area contributed by atoms with Crippen LogP contribution in [0.5, 0.6) is 0 Å². The Labute approximate surface area is 288 Å². The second kappa shape index (κ2) is 10.2. The molecule has 0 saturated carbocycles. The minimum Gasteiger partial charge on any atom is -0.345 e. The van der Waals surface area contributed by atoms with Crippen LogP contribution in [0.3, 0.4) is 0 Å². The molecule has 0 unspecified atom stereocenters. The van der Waals surface area contributed by atoms with Crippen LogP contribution in [0, 0.1) is 13.8 Å². The Morgan fingerprint density at radius 1 is 0.889 bits per heavy atom. The molecule has 3 aliphatic rings. The Kier molecular flexibility index (Phi) is 5.44. The maximum Gasteiger partial charge on any atom is 0.218 e. The van der Waals surface area contributed by atoms with Crippen molar-refractivity contribution in [2.45, 2.75) is 85.0 Å².